The molecule has 0 saturated carbocycles. The lowest BCUT2D eigenvalue weighted by molar-refractivity contribution is -0.120. The summed E-state index contributed by atoms with van der Waals surface area (Å²) in [6.07, 6.45) is 1.72. The number of nitrogens with zero attached hydrogens (tertiary/aromatic N) is 2. The maximum Gasteiger partial charge on any atom is 0.262 e. The molecular weight excluding hydrogens is 316 g/mol. The van der Waals surface area contributed by atoms with Crippen LogP contribution in [0.5, 0.6) is 0 Å². The molecule has 0 spiro atoms. The summed E-state index contributed by atoms with van der Waals surface area (Å²) in [7, 11) is 0. The van der Waals surface area contributed by atoms with Gasteiger partial charge in [-0.1, -0.05) is 0 Å². The van der Waals surface area contributed by atoms with Crippen LogP contribution in [0, 0.1) is 6.92 Å². The van der Waals surface area contributed by atoms with Crippen LogP contribution in [-0.2, 0) is 17.8 Å². The smallest absolute Gasteiger partial charge is 0.262 e. The van der Waals surface area contributed by atoms with E-state index in [4.69, 9.17) is 0 Å². The highest BCUT2D eigenvalue weighted by atomic mass is 32.1. The van der Waals surface area contributed by atoms with Crippen LogP contribution in [0.15, 0.2) is 4.79 Å². The SMILES string of the molecule is CCNC(=O)CNC(=O)c1sc2nc3n(c(=O)c2c1C)CCC3. The Hall–Kier alpha value is -2.22. The number of hydrogen-bond donors (Lipinski definition) is 2. The number of aryl methyl sites for hydroxylation is 2. The van der Waals surface area contributed by atoms with Gasteiger partial charge in [0, 0.05) is 19.5 Å². The van der Waals surface area contributed by atoms with E-state index in [0.29, 0.717) is 33.7 Å². The summed E-state index contributed by atoms with van der Waals surface area (Å²) in [5.41, 5.74) is 0.567. The van der Waals surface area contributed by atoms with Crippen molar-refractivity contribution in [2.24, 2.45) is 0 Å². The molecule has 1 aliphatic rings. The first-order valence-corrected chi connectivity index (χ1v) is 8.42. The molecule has 3 heterocycles. The summed E-state index contributed by atoms with van der Waals surface area (Å²) >= 11 is 1.21. The molecule has 0 aromatic carbocycles. The van der Waals surface area contributed by atoms with Crippen LogP contribution < -0.4 is 16.2 Å². The Balaban J connectivity index is 1.92. The molecule has 2 aromatic rings. The molecular formula is C15H18N4O3S. The minimum atomic E-state index is -0.346. The van der Waals surface area contributed by atoms with Crippen LogP contribution in [0.2, 0.25) is 0 Å². The van der Waals surface area contributed by atoms with Gasteiger partial charge in [-0.05, 0) is 25.8 Å². The predicted molar refractivity (Wildman–Crippen MR) is 88.0 cm³/mol. The number of likely N-dealkylation sites (N-methyl/N-ethyl adjacent to an activating group) is 1. The molecule has 0 aliphatic carbocycles. The standard InChI is InChI=1S/C15H18N4O3S/c1-3-16-10(20)7-17-13(21)12-8(2)11-14(23-12)18-9-5-4-6-19(9)15(11)22/h3-7H2,1-2H3,(H,16,20)(H,17,21). The van der Waals surface area contributed by atoms with Gasteiger partial charge in [0.2, 0.25) is 5.91 Å². The average Bonchev–Trinajstić information content (AvgIpc) is 3.10. The third kappa shape index (κ3) is 2.74. The van der Waals surface area contributed by atoms with E-state index < -0.39 is 0 Å². The maximum atomic E-state index is 12.6. The van der Waals surface area contributed by atoms with Gasteiger partial charge in [0.1, 0.15) is 10.7 Å². The van der Waals surface area contributed by atoms with Gasteiger partial charge >= 0.3 is 0 Å². The Kier molecular flexibility index (Phi) is 4.16. The maximum absolute atomic E-state index is 12.6. The Morgan fingerprint density at radius 3 is 2.87 bits per heavy atom. The molecule has 0 radical (unpaired) electrons. The van der Waals surface area contributed by atoms with Gasteiger partial charge in [-0.2, -0.15) is 0 Å². The lowest BCUT2D eigenvalue weighted by atomic mass is 10.2. The minimum Gasteiger partial charge on any atom is -0.355 e. The zero-order valence-electron chi connectivity index (χ0n) is 13.1. The summed E-state index contributed by atoms with van der Waals surface area (Å²) in [6, 6.07) is 0. The molecule has 3 rings (SSSR count). The van der Waals surface area contributed by atoms with Crippen molar-refractivity contribution in [3.8, 4) is 0 Å². The number of aromatic nitrogens is 2. The summed E-state index contributed by atoms with van der Waals surface area (Å²) < 4.78 is 1.69. The van der Waals surface area contributed by atoms with Crippen molar-refractivity contribution < 1.29 is 9.59 Å². The zero-order chi connectivity index (χ0) is 16.6. The van der Waals surface area contributed by atoms with E-state index in [1.54, 1.807) is 11.5 Å². The molecule has 0 saturated heterocycles. The number of hydrogen-bond acceptors (Lipinski definition) is 5. The van der Waals surface area contributed by atoms with Crippen LogP contribution in [0.4, 0.5) is 0 Å². The Morgan fingerprint density at radius 2 is 2.13 bits per heavy atom. The number of carbonyl (C=O) groups excluding carboxylic acids is 2. The van der Waals surface area contributed by atoms with Crippen molar-refractivity contribution in [1.82, 2.24) is 20.2 Å². The fourth-order valence-electron chi connectivity index (χ4n) is 2.79. The molecule has 0 atom stereocenters. The molecule has 122 valence electrons. The summed E-state index contributed by atoms with van der Waals surface area (Å²) in [5, 5.41) is 5.72. The number of rotatable bonds is 4. The molecule has 0 bridgehead atoms. The number of nitrogens with one attached hydrogen (secondary N) is 2. The van der Waals surface area contributed by atoms with Crippen molar-refractivity contribution >= 4 is 33.4 Å². The highest BCUT2D eigenvalue weighted by Crippen LogP contribution is 2.28. The van der Waals surface area contributed by atoms with E-state index in [-0.39, 0.29) is 23.9 Å². The van der Waals surface area contributed by atoms with Crippen LogP contribution in [-0.4, -0.2) is 34.5 Å². The molecule has 0 fully saturated rings. The third-order valence-corrected chi connectivity index (χ3v) is 5.09. The summed E-state index contributed by atoms with van der Waals surface area (Å²) in [6.45, 7) is 4.69. The lowest BCUT2D eigenvalue weighted by Crippen LogP contribution is -2.36. The van der Waals surface area contributed by atoms with E-state index in [2.05, 4.69) is 15.6 Å². The zero-order valence-corrected chi connectivity index (χ0v) is 13.9. The highest BCUT2D eigenvalue weighted by molar-refractivity contribution is 7.20. The highest BCUT2D eigenvalue weighted by Gasteiger charge is 2.23. The minimum absolute atomic E-state index is 0.0703. The molecule has 8 heteroatoms. The van der Waals surface area contributed by atoms with Crippen molar-refractivity contribution in [2.75, 3.05) is 13.1 Å². The largest absolute Gasteiger partial charge is 0.355 e. The van der Waals surface area contributed by atoms with Gasteiger partial charge < -0.3 is 10.6 Å². The first kappa shape index (κ1) is 15.7. The monoisotopic (exact) mass is 334 g/mol. The normalized spacial score (nSPS) is 13.1. The van der Waals surface area contributed by atoms with Crippen molar-refractivity contribution in [1.29, 1.82) is 0 Å². The van der Waals surface area contributed by atoms with Gasteiger partial charge in [-0.3, -0.25) is 19.0 Å². The number of fused-ring (bicyclic) bond motifs is 2. The molecule has 2 amide bonds. The molecule has 2 N–H and O–H groups in total. The fraction of sp³-hybridized carbons (Fsp3) is 0.467. The van der Waals surface area contributed by atoms with E-state index in [1.807, 2.05) is 6.92 Å². The van der Waals surface area contributed by atoms with E-state index in [1.165, 1.54) is 11.3 Å². The second-order valence-electron chi connectivity index (χ2n) is 5.46. The first-order chi connectivity index (χ1) is 11.0. The third-order valence-electron chi connectivity index (χ3n) is 3.90. The number of amides is 2. The van der Waals surface area contributed by atoms with Crippen LogP contribution in [0.3, 0.4) is 0 Å². The Morgan fingerprint density at radius 1 is 1.35 bits per heavy atom. The van der Waals surface area contributed by atoms with Gasteiger partial charge in [0.15, 0.2) is 0 Å². The molecule has 7 nitrogen and oxygen atoms in total. The number of thiophene rings is 1. The van der Waals surface area contributed by atoms with E-state index in [0.717, 1.165) is 18.7 Å². The van der Waals surface area contributed by atoms with Crippen molar-refractivity contribution in [3.05, 3.63) is 26.6 Å². The Bertz CT molecular complexity index is 853. The fourth-order valence-corrected chi connectivity index (χ4v) is 3.90. The quantitative estimate of drug-likeness (QED) is 0.855. The topological polar surface area (TPSA) is 93.1 Å². The second kappa shape index (κ2) is 6.11. The molecule has 1 aliphatic heterocycles. The van der Waals surface area contributed by atoms with Crippen LogP contribution in [0.25, 0.3) is 10.2 Å². The Labute approximate surface area is 136 Å². The predicted octanol–water partition coefficient (Wildman–Crippen LogP) is 0.579. The first-order valence-electron chi connectivity index (χ1n) is 7.60. The molecule has 23 heavy (non-hydrogen) atoms. The van der Waals surface area contributed by atoms with Crippen molar-refractivity contribution in [2.45, 2.75) is 33.2 Å². The van der Waals surface area contributed by atoms with Gasteiger partial charge in [-0.25, -0.2) is 4.98 Å². The van der Waals surface area contributed by atoms with Crippen LogP contribution in [0.1, 0.15) is 34.4 Å². The summed E-state index contributed by atoms with van der Waals surface area (Å²) in [4.78, 5) is 41.9. The van der Waals surface area contributed by atoms with E-state index >= 15 is 0 Å². The molecule has 0 unspecified atom stereocenters. The van der Waals surface area contributed by atoms with Gasteiger partial charge in [0.25, 0.3) is 11.5 Å². The molecule has 2 aromatic heterocycles. The van der Waals surface area contributed by atoms with Gasteiger partial charge in [0.05, 0.1) is 16.8 Å². The van der Waals surface area contributed by atoms with Crippen molar-refractivity contribution in [3.63, 3.8) is 0 Å². The van der Waals surface area contributed by atoms with Crippen LogP contribution >= 0.6 is 11.3 Å². The van der Waals surface area contributed by atoms with E-state index in [9.17, 15) is 14.4 Å². The second-order valence-corrected chi connectivity index (χ2v) is 6.46. The average molecular weight is 334 g/mol. The van der Waals surface area contributed by atoms with Gasteiger partial charge in [-0.15, -0.1) is 11.3 Å². The lowest BCUT2D eigenvalue weighted by Gasteiger charge is -2.04. The summed E-state index contributed by atoms with van der Waals surface area (Å²) in [5.74, 6) is 0.205. The number of carbonyl (C=O) groups is 2.